The number of aliphatic hydroxyl groups excluding tert-OH is 1. The molecule has 4 heterocycles. The molecular formula is C16H21N7OS. The molecule has 1 saturated heterocycles. The molecule has 1 aliphatic rings. The number of hydrogen-bond donors (Lipinski definition) is 1. The first-order valence-electron chi connectivity index (χ1n) is 8.38. The topological polar surface area (TPSA) is 84.9 Å². The van der Waals surface area contributed by atoms with E-state index in [4.69, 9.17) is 0 Å². The average molecular weight is 359 g/mol. The first-order chi connectivity index (χ1) is 12.2. The minimum Gasteiger partial charge on any atom is -0.390 e. The van der Waals surface area contributed by atoms with Crippen LogP contribution in [0.25, 0.3) is 0 Å². The Morgan fingerprint density at radius 2 is 2.28 bits per heavy atom. The van der Waals surface area contributed by atoms with Crippen LogP contribution in [0.1, 0.15) is 36.1 Å². The van der Waals surface area contributed by atoms with E-state index in [1.54, 1.807) is 23.9 Å². The lowest BCUT2D eigenvalue weighted by Gasteiger charge is -2.32. The summed E-state index contributed by atoms with van der Waals surface area (Å²) in [5.41, 5.74) is 0.739. The first-order valence-corrected chi connectivity index (χ1v) is 9.26. The Morgan fingerprint density at radius 1 is 1.36 bits per heavy atom. The smallest absolute Gasteiger partial charge is 0.185 e. The van der Waals surface area contributed by atoms with Crippen LogP contribution in [0.15, 0.2) is 24.1 Å². The highest BCUT2D eigenvalue weighted by Gasteiger charge is 2.27. The highest BCUT2D eigenvalue weighted by molar-refractivity contribution is 7.13. The highest BCUT2D eigenvalue weighted by atomic mass is 32.1. The lowest BCUT2D eigenvalue weighted by Crippen LogP contribution is -2.35. The summed E-state index contributed by atoms with van der Waals surface area (Å²) in [6.45, 7) is 2.55. The van der Waals surface area contributed by atoms with Crippen molar-refractivity contribution in [2.45, 2.75) is 31.9 Å². The van der Waals surface area contributed by atoms with Crippen LogP contribution < -0.4 is 4.90 Å². The molecule has 0 spiro atoms. The number of imidazole rings is 1. The van der Waals surface area contributed by atoms with E-state index in [9.17, 15) is 5.11 Å². The number of thiazole rings is 1. The van der Waals surface area contributed by atoms with Gasteiger partial charge in [0.25, 0.3) is 0 Å². The number of aromatic nitrogens is 6. The second kappa shape index (κ2) is 6.93. The number of piperidine rings is 1. The molecule has 4 rings (SSSR count). The fourth-order valence-corrected chi connectivity index (χ4v) is 4.14. The normalized spacial score (nSPS) is 18.0. The number of hydrogen-bond acceptors (Lipinski definition) is 7. The van der Waals surface area contributed by atoms with Gasteiger partial charge in [0.1, 0.15) is 5.82 Å². The quantitative estimate of drug-likeness (QED) is 0.741. The van der Waals surface area contributed by atoms with Crippen LogP contribution in [-0.4, -0.2) is 47.5 Å². The van der Waals surface area contributed by atoms with Crippen LogP contribution in [0.2, 0.25) is 0 Å². The molecule has 0 unspecified atom stereocenters. The SMILES string of the molecule is Cn1c(Cn2ccnc2)nnc1[C@@H]1CCCN(c2nc(CO)cs2)C1. The molecule has 9 heteroatoms. The van der Waals surface area contributed by atoms with Gasteiger partial charge in [0.05, 0.1) is 25.2 Å². The van der Waals surface area contributed by atoms with Crippen molar-refractivity contribution in [2.75, 3.05) is 18.0 Å². The Balaban J connectivity index is 1.50. The van der Waals surface area contributed by atoms with Crippen LogP contribution >= 0.6 is 11.3 Å². The van der Waals surface area contributed by atoms with E-state index in [2.05, 4.69) is 29.6 Å². The molecule has 0 aromatic carbocycles. The summed E-state index contributed by atoms with van der Waals surface area (Å²) in [6.07, 6.45) is 7.69. The molecule has 0 saturated carbocycles. The summed E-state index contributed by atoms with van der Waals surface area (Å²) in [5, 5.41) is 21.0. The van der Waals surface area contributed by atoms with Gasteiger partial charge in [0.15, 0.2) is 11.0 Å². The van der Waals surface area contributed by atoms with Crippen LogP contribution in [0, 0.1) is 0 Å². The van der Waals surface area contributed by atoms with Crippen molar-refractivity contribution in [1.82, 2.24) is 29.3 Å². The van der Waals surface area contributed by atoms with E-state index in [-0.39, 0.29) is 6.61 Å². The minimum atomic E-state index is -0.00529. The summed E-state index contributed by atoms with van der Waals surface area (Å²) in [6, 6.07) is 0. The lowest BCUT2D eigenvalue weighted by atomic mass is 9.97. The second-order valence-electron chi connectivity index (χ2n) is 6.33. The largest absolute Gasteiger partial charge is 0.390 e. The predicted molar refractivity (Wildman–Crippen MR) is 94.6 cm³/mol. The third-order valence-corrected chi connectivity index (χ3v) is 5.59. The van der Waals surface area contributed by atoms with Gasteiger partial charge in [-0.25, -0.2) is 9.97 Å². The van der Waals surface area contributed by atoms with Crippen molar-refractivity contribution in [3.63, 3.8) is 0 Å². The van der Waals surface area contributed by atoms with Gasteiger partial charge < -0.3 is 19.1 Å². The molecule has 3 aromatic heterocycles. The van der Waals surface area contributed by atoms with Gasteiger partial charge in [-0.1, -0.05) is 0 Å². The van der Waals surface area contributed by atoms with E-state index in [0.29, 0.717) is 12.5 Å². The van der Waals surface area contributed by atoms with Gasteiger partial charge in [-0.05, 0) is 12.8 Å². The Morgan fingerprint density at radius 3 is 3.04 bits per heavy atom. The third-order valence-electron chi connectivity index (χ3n) is 4.64. The van der Waals surface area contributed by atoms with Crippen molar-refractivity contribution in [3.8, 4) is 0 Å². The summed E-state index contributed by atoms with van der Waals surface area (Å²) >= 11 is 1.59. The molecule has 1 aliphatic heterocycles. The van der Waals surface area contributed by atoms with Crippen molar-refractivity contribution >= 4 is 16.5 Å². The Hall–Kier alpha value is -2.26. The Bertz CT molecular complexity index is 826. The minimum absolute atomic E-state index is 0.00529. The van der Waals surface area contributed by atoms with E-state index in [1.165, 1.54) is 0 Å². The third kappa shape index (κ3) is 3.29. The lowest BCUT2D eigenvalue weighted by molar-refractivity contribution is 0.277. The van der Waals surface area contributed by atoms with Crippen molar-refractivity contribution in [3.05, 3.63) is 41.4 Å². The van der Waals surface area contributed by atoms with E-state index >= 15 is 0 Å². The summed E-state index contributed by atoms with van der Waals surface area (Å²) in [7, 11) is 2.04. The highest BCUT2D eigenvalue weighted by Crippen LogP contribution is 2.30. The molecular weight excluding hydrogens is 338 g/mol. The van der Waals surface area contributed by atoms with Crippen molar-refractivity contribution < 1.29 is 5.11 Å². The van der Waals surface area contributed by atoms with Crippen LogP contribution in [-0.2, 0) is 20.2 Å². The van der Waals surface area contributed by atoms with Crippen LogP contribution in [0.4, 0.5) is 5.13 Å². The standard InChI is InChI=1S/C16H21N7OS/c1-21-14(8-22-6-4-17-11-22)19-20-15(21)12-3-2-5-23(7-12)16-18-13(9-24)10-25-16/h4,6,10-12,24H,2-3,5,7-9H2,1H3/t12-/m1/s1. The molecule has 132 valence electrons. The monoisotopic (exact) mass is 359 g/mol. The zero-order valence-corrected chi connectivity index (χ0v) is 14.9. The number of rotatable bonds is 5. The van der Waals surface area contributed by atoms with Gasteiger partial charge in [0, 0.05) is 43.8 Å². The van der Waals surface area contributed by atoms with Crippen LogP contribution in [0.5, 0.6) is 0 Å². The van der Waals surface area contributed by atoms with Crippen molar-refractivity contribution in [1.29, 1.82) is 0 Å². The molecule has 0 amide bonds. The maximum atomic E-state index is 9.22. The van der Waals surface area contributed by atoms with Crippen LogP contribution in [0.3, 0.4) is 0 Å². The van der Waals surface area contributed by atoms with Gasteiger partial charge in [0.2, 0.25) is 0 Å². The average Bonchev–Trinajstić information content (AvgIpc) is 3.38. The van der Waals surface area contributed by atoms with E-state index in [1.807, 2.05) is 23.2 Å². The van der Waals surface area contributed by atoms with Gasteiger partial charge in [-0.3, -0.25) is 0 Å². The van der Waals surface area contributed by atoms with Gasteiger partial charge in [-0.2, -0.15) is 0 Å². The Kier molecular flexibility index (Phi) is 4.50. The number of anilines is 1. The summed E-state index contributed by atoms with van der Waals surface area (Å²) in [4.78, 5) is 10.9. The molecule has 0 radical (unpaired) electrons. The Labute approximate surface area is 149 Å². The zero-order valence-electron chi connectivity index (χ0n) is 14.1. The maximum absolute atomic E-state index is 9.22. The molecule has 1 atom stereocenters. The fraction of sp³-hybridized carbons (Fsp3) is 0.500. The van der Waals surface area contributed by atoms with E-state index < -0.39 is 0 Å². The first kappa shape index (κ1) is 16.2. The van der Waals surface area contributed by atoms with Crippen molar-refractivity contribution in [2.24, 2.45) is 7.05 Å². The fourth-order valence-electron chi connectivity index (χ4n) is 3.29. The second-order valence-corrected chi connectivity index (χ2v) is 7.17. The summed E-state index contributed by atoms with van der Waals surface area (Å²) in [5.74, 6) is 2.30. The number of aliphatic hydroxyl groups is 1. The summed E-state index contributed by atoms with van der Waals surface area (Å²) < 4.78 is 4.10. The molecule has 0 aliphatic carbocycles. The molecule has 25 heavy (non-hydrogen) atoms. The van der Waals surface area contributed by atoms with E-state index in [0.717, 1.165) is 48.4 Å². The maximum Gasteiger partial charge on any atom is 0.185 e. The van der Waals surface area contributed by atoms with Gasteiger partial charge in [-0.15, -0.1) is 21.5 Å². The molecule has 0 bridgehead atoms. The number of nitrogens with zero attached hydrogens (tertiary/aromatic N) is 7. The zero-order chi connectivity index (χ0) is 17.2. The molecule has 1 fully saturated rings. The molecule has 8 nitrogen and oxygen atoms in total. The molecule has 1 N–H and O–H groups in total. The van der Waals surface area contributed by atoms with Gasteiger partial charge >= 0.3 is 0 Å². The predicted octanol–water partition coefficient (Wildman–Crippen LogP) is 1.39. The molecule has 3 aromatic rings.